The molecule has 0 aromatic rings. The van der Waals surface area contributed by atoms with Crippen molar-refractivity contribution in [2.45, 2.75) is 17.6 Å². The largest absolute Gasteiger partial charge is 0.498 e. The lowest BCUT2D eigenvalue weighted by atomic mass is 9.98. The van der Waals surface area contributed by atoms with E-state index in [0.717, 1.165) is 6.08 Å². The van der Waals surface area contributed by atoms with Crippen molar-refractivity contribution in [1.29, 1.82) is 0 Å². The topological polar surface area (TPSA) is 66.8 Å². The van der Waals surface area contributed by atoms with E-state index < -0.39 is 23.4 Å². The van der Waals surface area contributed by atoms with Gasteiger partial charge in [-0.3, -0.25) is 4.79 Å². The van der Waals surface area contributed by atoms with Gasteiger partial charge in [0.05, 0.1) is 7.11 Å². The van der Waals surface area contributed by atoms with Gasteiger partial charge in [-0.25, -0.2) is 0 Å². The number of ether oxygens (including phenoxy) is 1. The standard InChI is InChI=1S/C7H9ClO4/c1-12-4-2-3(9)5(8)7(11)6(4)10/h2,5-7,10-11H,1H3/t5-,6+,7-/m0/s1. The maximum absolute atomic E-state index is 11.0. The molecule has 0 fully saturated rings. The average Bonchev–Trinajstić information content (AvgIpc) is 2.08. The molecule has 0 saturated carbocycles. The van der Waals surface area contributed by atoms with E-state index in [0.29, 0.717) is 0 Å². The zero-order chi connectivity index (χ0) is 9.30. The fourth-order valence-corrected chi connectivity index (χ4v) is 1.18. The number of aliphatic hydroxyl groups excluding tert-OH is 2. The quantitative estimate of drug-likeness (QED) is 0.546. The van der Waals surface area contributed by atoms with Crippen LogP contribution in [-0.2, 0) is 9.53 Å². The summed E-state index contributed by atoms with van der Waals surface area (Å²) in [6.45, 7) is 0. The van der Waals surface area contributed by atoms with E-state index in [-0.39, 0.29) is 5.76 Å². The Bertz CT molecular complexity index is 225. The number of rotatable bonds is 1. The summed E-state index contributed by atoms with van der Waals surface area (Å²) in [5, 5.41) is 17.4. The fourth-order valence-electron chi connectivity index (χ4n) is 0.982. The maximum Gasteiger partial charge on any atom is 0.179 e. The van der Waals surface area contributed by atoms with E-state index in [1.165, 1.54) is 7.11 Å². The van der Waals surface area contributed by atoms with Crippen LogP contribution in [0.25, 0.3) is 0 Å². The molecule has 0 unspecified atom stereocenters. The number of methoxy groups -OCH3 is 1. The first-order valence-corrected chi connectivity index (χ1v) is 3.81. The van der Waals surface area contributed by atoms with E-state index in [4.69, 9.17) is 11.6 Å². The zero-order valence-electron chi connectivity index (χ0n) is 6.40. The molecule has 0 bridgehead atoms. The summed E-state index contributed by atoms with van der Waals surface area (Å²) in [5.74, 6) is -0.407. The number of hydrogen-bond acceptors (Lipinski definition) is 4. The van der Waals surface area contributed by atoms with E-state index in [9.17, 15) is 15.0 Å². The molecule has 0 amide bonds. The minimum Gasteiger partial charge on any atom is -0.498 e. The lowest BCUT2D eigenvalue weighted by Crippen LogP contribution is -2.43. The van der Waals surface area contributed by atoms with Gasteiger partial charge in [-0.05, 0) is 0 Å². The van der Waals surface area contributed by atoms with Gasteiger partial charge in [0.15, 0.2) is 5.78 Å². The van der Waals surface area contributed by atoms with Crippen LogP contribution in [0.15, 0.2) is 11.8 Å². The van der Waals surface area contributed by atoms with Crippen molar-refractivity contribution in [2.75, 3.05) is 7.11 Å². The van der Waals surface area contributed by atoms with Gasteiger partial charge in [0, 0.05) is 6.08 Å². The number of ketones is 1. The van der Waals surface area contributed by atoms with Crippen LogP contribution < -0.4 is 0 Å². The second-order valence-electron chi connectivity index (χ2n) is 2.49. The molecule has 4 nitrogen and oxygen atoms in total. The molecule has 0 radical (unpaired) electrons. The van der Waals surface area contributed by atoms with E-state index in [1.807, 2.05) is 0 Å². The summed E-state index contributed by atoms with van der Waals surface area (Å²) in [6.07, 6.45) is -1.41. The van der Waals surface area contributed by atoms with Crippen molar-refractivity contribution >= 4 is 17.4 Å². The Morgan fingerprint density at radius 2 is 2.17 bits per heavy atom. The molecule has 12 heavy (non-hydrogen) atoms. The highest BCUT2D eigenvalue weighted by molar-refractivity contribution is 6.33. The smallest absolute Gasteiger partial charge is 0.179 e. The van der Waals surface area contributed by atoms with Gasteiger partial charge in [-0.1, -0.05) is 0 Å². The van der Waals surface area contributed by atoms with Gasteiger partial charge in [0.2, 0.25) is 0 Å². The van der Waals surface area contributed by atoms with Crippen LogP contribution in [0.4, 0.5) is 0 Å². The van der Waals surface area contributed by atoms with Crippen LogP contribution in [-0.4, -0.2) is 40.7 Å². The van der Waals surface area contributed by atoms with E-state index in [1.54, 1.807) is 0 Å². The summed E-state index contributed by atoms with van der Waals surface area (Å²) in [4.78, 5) is 11.0. The van der Waals surface area contributed by atoms with Crippen LogP contribution in [0, 0.1) is 0 Å². The minimum atomic E-state index is -1.29. The van der Waals surface area contributed by atoms with E-state index in [2.05, 4.69) is 4.74 Å². The SMILES string of the molecule is COC1=CC(=O)[C@H](Cl)[C@H](O)[C@@H]1O. The molecule has 1 aliphatic carbocycles. The molecule has 0 heterocycles. The van der Waals surface area contributed by atoms with Crippen molar-refractivity contribution in [3.8, 4) is 0 Å². The molecule has 1 aliphatic rings. The number of hydrogen-bond donors (Lipinski definition) is 2. The number of carbonyl (C=O) groups excluding carboxylic acids is 1. The minimum absolute atomic E-state index is 0.0457. The molecule has 1 rings (SSSR count). The molecule has 0 aliphatic heterocycles. The third-order valence-corrected chi connectivity index (χ3v) is 2.18. The molecule has 0 saturated heterocycles. The van der Waals surface area contributed by atoms with Crippen LogP contribution in [0.5, 0.6) is 0 Å². The Morgan fingerprint density at radius 3 is 2.67 bits per heavy atom. The number of allylic oxidation sites excluding steroid dienone is 1. The Balaban J connectivity index is 2.91. The summed E-state index contributed by atoms with van der Waals surface area (Å²) in [5.41, 5.74) is 0. The molecule has 0 spiro atoms. The first-order chi connectivity index (χ1) is 5.57. The Morgan fingerprint density at radius 1 is 1.58 bits per heavy atom. The Kier molecular flexibility index (Phi) is 2.72. The zero-order valence-corrected chi connectivity index (χ0v) is 7.15. The monoisotopic (exact) mass is 192 g/mol. The first-order valence-electron chi connectivity index (χ1n) is 3.37. The Hall–Kier alpha value is -0.580. The average molecular weight is 193 g/mol. The predicted octanol–water partition coefficient (Wildman–Crippen LogP) is -0.571. The van der Waals surface area contributed by atoms with Crippen molar-refractivity contribution in [2.24, 2.45) is 0 Å². The fraction of sp³-hybridized carbons (Fsp3) is 0.571. The molecular weight excluding hydrogens is 184 g/mol. The molecular formula is C7H9ClO4. The van der Waals surface area contributed by atoms with E-state index >= 15 is 0 Å². The normalized spacial score (nSPS) is 36.2. The number of carbonyl (C=O) groups is 1. The number of halogens is 1. The third kappa shape index (κ3) is 1.46. The highest BCUT2D eigenvalue weighted by Crippen LogP contribution is 2.21. The predicted molar refractivity (Wildman–Crippen MR) is 41.8 cm³/mol. The van der Waals surface area contributed by atoms with Gasteiger partial charge in [0.1, 0.15) is 23.3 Å². The van der Waals surface area contributed by atoms with Crippen molar-refractivity contribution in [1.82, 2.24) is 0 Å². The van der Waals surface area contributed by atoms with Crippen LogP contribution in [0.3, 0.4) is 0 Å². The lowest BCUT2D eigenvalue weighted by Gasteiger charge is -2.26. The van der Waals surface area contributed by atoms with Gasteiger partial charge < -0.3 is 14.9 Å². The lowest BCUT2D eigenvalue weighted by molar-refractivity contribution is -0.119. The first kappa shape index (κ1) is 9.51. The third-order valence-electron chi connectivity index (χ3n) is 1.71. The van der Waals surface area contributed by atoms with Gasteiger partial charge in [-0.15, -0.1) is 11.6 Å². The van der Waals surface area contributed by atoms with Crippen LogP contribution >= 0.6 is 11.6 Å². The van der Waals surface area contributed by atoms with Gasteiger partial charge in [-0.2, -0.15) is 0 Å². The molecule has 0 aromatic heterocycles. The molecule has 0 aromatic carbocycles. The van der Waals surface area contributed by atoms with Crippen LogP contribution in [0.1, 0.15) is 0 Å². The van der Waals surface area contributed by atoms with Crippen molar-refractivity contribution < 1.29 is 19.7 Å². The van der Waals surface area contributed by atoms with Crippen molar-refractivity contribution in [3.63, 3.8) is 0 Å². The highest BCUT2D eigenvalue weighted by Gasteiger charge is 2.37. The summed E-state index contributed by atoms with van der Waals surface area (Å²) < 4.78 is 4.66. The van der Waals surface area contributed by atoms with Gasteiger partial charge >= 0.3 is 0 Å². The summed E-state index contributed by atoms with van der Waals surface area (Å²) in [6, 6.07) is 0. The molecule has 2 N–H and O–H groups in total. The summed E-state index contributed by atoms with van der Waals surface area (Å²) >= 11 is 5.48. The Labute approximate surface area is 74.4 Å². The maximum atomic E-state index is 11.0. The van der Waals surface area contributed by atoms with Gasteiger partial charge in [0.25, 0.3) is 0 Å². The highest BCUT2D eigenvalue weighted by atomic mass is 35.5. The van der Waals surface area contributed by atoms with Crippen molar-refractivity contribution in [3.05, 3.63) is 11.8 Å². The number of aliphatic hydroxyl groups is 2. The second-order valence-corrected chi connectivity index (χ2v) is 2.96. The molecule has 5 heteroatoms. The molecule has 68 valence electrons. The summed E-state index contributed by atoms with van der Waals surface area (Å²) in [7, 11) is 1.31. The molecule has 3 atom stereocenters. The van der Waals surface area contributed by atoms with Crippen LogP contribution in [0.2, 0.25) is 0 Å². The second kappa shape index (κ2) is 3.43. The number of alkyl halides is 1.